The van der Waals surface area contributed by atoms with Gasteiger partial charge in [0.1, 0.15) is 18.1 Å². The molecule has 0 unspecified atom stereocenters. The zero-order valence-corrected chi connectivity index (χ0v) is 32.7. The molecule has 0 bridgehead atoms. The topological polar surface area (TPSA) is 82.1 Å². The standard InChI is InChI=1S/C15H16I2O3.C11H10I2O3.C4H7Cl/c1-9(2)8-20-13-11(16)6-10(7-12(13)17)15(4-5-15)14(18)19-3;1-16-10(15)11(2-3-11)6-4-7(12)9(14)8(13)5-6;1-4(2)3-5/h6-7H,1,4-5,8H2,2-3H3;4-5,14H,2-3H2,1H3;1,3H2,2H3. The molecule has 0 heterocycles. The molecule has 2 fully saturated rings. The fourth-order valence-electron chi connectivity index (χ4n) is 3.87. The van der Waals surface area contributed by atoms with Gasteiger partial charge in [0.15, 0.2) is 0 Å². The minimum absolute atomic E-state index is 0.139. The zero-order valence-electron chi connectivity index (χ0n) is 23.3. The van der Waals surface area contributed by atoms with Crippen LogP contribution in [0, 0.1) is 14.3 Å². The number of hydrogen-bond acceptors (Lipinski definition) is 6. The normalized spacial score (nSPS) is 15.1. The van der Waals surface area contributed by atoms with E-state index in [0.717, 1.165) is 68.0 Å². The van der Waals surface area contributed by atoms with Crippen LogP contribution in [0.1, 0.15) is 50.7 Å². The molecular formula is C30H33ClI4O6. The molecule has 4 rings (SSSR count). The number of hydrogen-bond donors (Lipinski definition) is 1. The van der Waals surface area contributed by atoms with E-state index < -0.39 is 10.8 Å². The molecule has 2 aliphatic rings. The van der Waals surface area contributed by atoms with E-state index in [2.05, 4.69) is 104 Å². The molecule has 11 heteroatoms. The molecule has 1 N–H and O–H groups in total. The van der Waals surface area contributed by atoms with Crippen LogP contribution in [0.15, 0.2) is 48.6 Å². The zero-order chi connectivity index (χ0) is 31.1. The maximum Gasteiger partial charge on any atom is 0.316 e. The van der Waals surface area contributed by atoms with Crippen LogP contribution >= 0.6 is 102 Å². The van der Waals surface area contributed by atoms with Crippen molar-refractivity contribution < 1.29 is 28.9 Å². The van der Waals surface area contributed by atoms with Crippen LogP contribution in [0.2, 0.25) is 0 Å². The van der Waals surface area contributed by atoms with Crippen molar-refractivity contribution in [1.82, 2.24) is 0 Å². The number of rotatable bonds is 8. The summed E-state index contributed by atoms with van der Waals surface area (Å²) in [5.74, 6) is 1.41. The number of carbonyl (C=O) groups is 2. The summed E-state index contributed by atoms with van der Waals surface area (Å²) in [6.45, 7) is 11.7. The Morgan fingerprint density at radius 1 is 0.805 bits per heavy atom. The van der Waals surface area contributed by atoms with Gasteiger partial charge in [0.2, 0.25) is 0 Å². The summed E-state index contributed by atoms with van der Waals surface area (Å²) in [6, 6.07) is 7.78. The SMILES string of the molecule is C=C(C)CCl.C=C(C)COc1c(I)cc(C2(C(=O)OC)CC2)cc1I.COC(=O)C1(c2cc(I)c(O)c(I)c2)CC1. The number of phenols is 1. The molecule has 0 aliphatic heterocycles. The van der Waals surface area contributed by atoms with Crippen LogP contribution in [0.3, 0.4) is 0 Å². The Hall–Kier alpha value is -0.330. The highest BCUT2D eigenvalue weighted by Crippen LogP contribution is 2.51. The van der Waals surface area contributed by atoms with Crippen molar-refractivity contribution in [3.8, 4) is 11.5 Å². The van der Waals surface area contributed by atoms with Crippen molar-refractivity contribution >= 4 is 114 Å². The van der Waals surface area contributed by atoms with Crippen molar-refractivity contribution in [3.05, 3.63) is 74.0 Å². The average molecular weight is 1030 g/mol. The summed E-state index contributed by atoms with van der Waals surface area (Å²) in [4.78, 5) is 23.7. The molecule has 2 aliphatic carbocycles. The number of halogens is 5. The highest BCUT2D eigenvalue weighted by atomic mass is 127. The van der Waals surface area contributed by atoms with Gasteiger partial charge in [-0.2, -0.15) is 0 Å². The van der Waals surface area contributed by atoms with Crippen molar-refractivity contribution in [1.29, 1.82) is 0 Å². The Morgan fingerprint density at radius 2 is 1.15 bits per heavy atom. The second-order valence-corrected chi connectivity index (χ2v) is 15.0. The Morgan fingerprint density at radius 3 is 1.41 bits per heavy atom. The molecule has 2 saturated carbocycles. The minimum Gasteiger partial charge on any atom is -0.506 e. The van der Waals surface area contributed by atoms with Gasteiger partial charge in [-0.05, 0) is 171 Å². The molecule has 41 heavy (non-hydrogen) atoms. The molecule has 0 atom stereocenters. The van der Waals surface area contributed by atoms with Crippen molar-refractivity contribution in [2.45, 2.75) is 50.4 Å². The Bertz CT molecular complexity index is 1270. The molecule has 224 valence electrons. The molecule has 0 saturated heterocycles. The van der Waals surface area contributed by atoms with Crippen LogP contribution in [0.4, 0.5) is 0 Å². The summed E-state index contributed by atoms with van der Waals surface area (Å²) < 4.78 is 19.1. The highest BCUT2D eigenvalue weighted by Gasteiger charge is 2.53. The number of alkyl halides is 1. The number of ether oxygens (including phenoxy) is 3. The Labute approximate surface area is 301 Å². The summed E-state index contributed by atoms with van der Waals surface area (Å²) in [5.41, 5.74) is 3.09. The van der Waals surface area contributed by atoms with E-state index in [1.165, 1.54) is 14.2 Å². The lowest BCUT2D eigenvalue weighted by Crippen LogP contribution is -2.22. The third-order valence-corrected chi connectivity index (χ3v) is 10.2. The van der Waals surface area contributed by atoms with Gasteiger partial charge in [-0.15, -0.1) is 11.6 Å². The van der Waals surface area contributed by atoms with E-state index in [-0.39, 0.29) is 17.7 Å². The molecule has 2 aromatic carbocycles. The maximum absolute atomic E-state index is 11.9. The van der Waals surface area contributed by atoms with Crippen LogP contribution in [-0.2, 0) is 29.9 Å². The Kier molecular flexibility index (Phi) is 14.5. The van der Waals surface area contributed by atoms with E-state index in [4.69, 9.17) is 25.8 Å². The number of carbonyl (C=O) groups excluding carboxylic acids is 2. The first-order valence-electron chi connectivity index (χ1n) is 12.5. The fourth-order valence-corrected chi connectivity index (χ4v) is 7.72. The molecule has 0 radical (unpaired) electrons. The molecule has 6 nitrogen and oxygen atoms in total. The third-order valence-electron chi connectivity index (χ3n) is 6.46. The number of esters is 2. The number of phenolic OH excluding ortho intramolecular Hbond substituents is 1. The lowest BCUT2D eigenvalue weighted by Gasteiger charge is -2.17. The van der Waals surface area contributed by atoms with Gasteiger partial charge < -0.3 is 19.3 Å². The first-order valence-corrected chi connectivity index (χ1v) is 17.4. The van der Waals surface area contributed by atoms with Gasteiger partial charge in [0.25, 0.3) is 0 Å². The first kappa shape index (κ1) is 36.9. The van der Waals surface area contributed by atoms with Crippen molar-refractivity contribution in [3.63, 3.8) is 0 Å². The summed E-state index contributed by atoms with van der Waals surface area (Å²) in [6.07, 6.45) is 3.38. The van der Waals surface area contributed by atoms with Crippen LogP contribution in [-0.4, -0.2) is 43.8 Å². The number of methoxy groups -OCH3 is 2. The van der Waals surface area contributed by atoms with Crippen molar-refractivity contribution in [2.75, 3.05) is 26.7 Å². The van der Waals surface area contributed by atoms with E-state index in [9.17, 15) is 14.7 Å². The van der Waals surface area contributed by atoms with Crippen LogP contribution in [0.5, 0.6) is 11.5 Å². The lowest BCUT2D eigenvalue weighted by atomic mass is 9.96. The smallest absolute Gasteiger partial charge is 0.316 e. The van der Waals surface area contributed by atoms with Gasteiger partial charge in [-0.1, -0.05) is 18.7 Å². The molecule has 0 aromatic heterocycles. The molecule has 0 spiro atoms. The minimum atomic E-state index is -0.456. The summed E-state index contributed by atoms with van der Waals surface area (Å²) >= 11 is 13.9. The highest BCUT2D eigenvalue weighted by molar-refractivity contribution is 14.1. The van der Waals surface area contributed by atoms with Gasteiger partial charge in [0.05, 0.1) is 39.3 Å². The van der Waals surface area contributed by atoms with E-state index in [0.29, 0.717) is 12.5 Å². The lowest BCUT2D eigenvalue weighted by molar-refractivity contribution is -0.144. The maximum atomic E-state index is 11.9. The van der Waals surface area contributed by atoms with E-state index >= 15 is 0 Å². The van der Waals surface area contributed by atoms with Gasteiger partial charge in [-0.3, -0.25) is 9.59 Å². The molecule has 0 amide bonds. The van der Waals surface area contributed by atoms with Crippen LogP contribution in [0.25, 0.3) is 0 Å². The summed E-state index contributed by atoms with van der Waals surface area (Å²) in [5, 5.41) is 9.68. The summed E-state index contributed by atoms with van der Waals surface area (Å²) in [7, 11) is 2.86. The largest absolute Gasteiger partial charge is 0.506 e. The quantitative estimate of drug-likeness (QED) is 0.124. The number of allylic oxidation sites excluding steroid dienone is 1. The van der Waals surface area contributed by atoms with Gasteiger partial charge in [-0.25, -0.2) is 0 Å². The van der Waals surface area contributed by atoms with Crippen molar-refractivity contribution in [2.24, 2.45) is 0 Å². The number of aromatic hydroxyl groups is 1. The predicted molar refractivity (Wildman–Crippen MR) is 197 cm³/mol. The average Bonchev–Trinajstić information content (AvgIpc) is 3.85. The monoisotopic (exact) mass is 1030 g/mol. The first-order chi connectivity index (χ1) is 19.2. The second kappa shape index (κ2) is 16.1. The van der Waals surface area contributed by atoms with Gasteiger partial charge >= 0.3 is 11.9 Å². The Balaban J connectivity index is 0.000000251. The molecular weight excluding hydrogens is 999 g/mol. The van der Waals surface area contributed by atoms with E-state index in [1.54, 1.807) is 0 Å². The third kappa shape index (κ3) is 9.58. The van der Waals surface area contributed by atoms with Crippen LogP contribution < -0.4 is 4.74 Å². The number of benzene rings is 2. The second-order valence-electron chi connectivity index (χ2n) is 10.0. The molecule has 2 aromatic rings. The van der Waals surface area contributed by atoms with Gasteiger partial charge in [0, 0.05) is 5.88 Å². The van der Waals surface area contributed by atoms with E-state index in [1.807, 2.05) is 38.1 Å². The predicted octanol–water partition coefficient (Wildman–Crippen LogP) is 8.66. The fraction of sp³-hybridized carbons (Fsp3) is 0.400.